The van der Waals surface area contributed by atoms with Crippen LogP contribution in [0, 0.1) is 5.41 Å². The summed E-state index contributed by atoms with van der Waals surface area (Å²) in [5, 5.41) is 15.9. The largest absolute Gasteiger partial charge is 0.477 e. The SMILES string of the molecule is Cn1c(C(=O)O)cc2cc(N3CCC4(CC(OCc5c(-c6c(Cl)cccc6Cl)noc5C5CC5)C4)C3)ccc21. The maximum absolute atomic E-state index is 11.5. The third-order valence-corrected chi connectivity index (χ3v) is 9.43. The highest BCUT2D eigenvalue weighted by Gasteiger charge is 2.49. The number of rotatable bonds is 7. The van der Waals surface area contributed by atoms with Gasteiger partial charge in [-0.15, -0.1) is 0 Å². The predicted octanol–water partition coefficient (Wildman–Crippen LogP) is 7.29. The van der Waals surface area contributed by atoms with Crippen molar-refractivity contribution in [1.82, 2.24) is 9.72 Å². The Balaban J connectivity index is 1.03. The van der Waals surface area contributed by atoms with Gasteiger partial charge in [0.1, 0.15) is 17.1 Å². The molecule has 0 unspecified atom stereocenters. The molecule has 2 aliphatic carbocycles. The van der Waals surface area contributed by atoms with E-state index in [9.17, 15) is 9.90 Å². The fourth-order valence-electron chi connectivity index (χ4n) is 6.50. The molecule has 2 aromatic heterocycles. The normalized spacial score (nSPS) is 22.6. The number of aromatic nitrogens is 2. The van der Waals surface area contributed by atoms with Crippen molar-refractivity contribution >= 4 is 45.8 Å². The molecule has 0 atom stereocenters. The molecule has 0 radical (unpaired) electrons. The third-order valence-electron chi connectivity index (χ3n) is 8.80. The lowest BCUT2D eigenvalue weighted by Crippen LogP contribution is -2.44. The zero-order valence-corrected chi connectivity index (χ0v) is 23.1. The van der Waals surface area contributed by atoms with E-state index in [1.165, 1.54) is 0 Å². The molecular formula is C30H29Cl2N3O4. The van der Waals surface area contributed by atoms with Crippen LogP contribution in [-0.2, 0) is 18.4 Å². The zero-order chi connectivity index (χ0) is 26.9. The summed E-state index contributed by atoms with van der Waals surface area (Å²) >= 11 is 13.0. The summed E-state index contributed by atoms with van der Waals surface area (Å²) in [6.07, 6.45) is 5.57. The summed E-state index contributed by atoms with van der Waals surface area (Å²) in [7, 11) is 1.80. The molecule has 7 nitrogen and oxygen atoms in total. The van der Waals surface area contributed by atoms with Crippen LogP contribution in [-0.4, -0.2) is 40.0 Å². The maximum atomic E-state index is 11.5. The van der Waals surface area contributed by atoms with Gasteiger partial charge in [-0.3, -0.25) is 0 Å². The van der Waals surface area contributed by atoms with Gasteiger partial charge >= 0.3 is 5.97 Å². The number of carboxylic acids is 1. The first-order chi connectivity index (χ1) is 18.8. The lowest BCUT2D eigenvalue weighted by atomic mass is 9.66. The Labute approximate surface area is 236 Å². The van der Waals surface area contributed by atoms with Crippen molar-refractivity contribution < 1.29 is 19.2 Å². The first-order valence-corrected chi connectivity index (χ1v) is 14.2. The van der Waals surface area contributed by atoms with Crippen LogP contribution in [0.3, 0.4) is 0 Å². The fraction of sp³-hybridized carbons (Fsp3) is 0.400. The molecule has 202 valence electrons. The standard InChI is InChI=1S/C30H29Cl2N3O4/c1-34-24-8-7-19(11-18(24)12-25(34)29(36)37)35-10-9-30(16-35)13-20(14-30)38-15-21-27(33-39-28(21)17-5-6-17)26-22(31)3-2-4-23(26)32/h2-4,7-8,11-12,17,20H,5-6,9-10,13-16H2,1H3,(H,36,37). The summed E-state index contributed by atoms with van der Waals surface area (Å²) < 4.78 is 14.0. The molecule has 3 aliphatic rings. The summed E-state index contributed by atoms with van der Waals surface area (Å²) in [4.78, 5) is 14.0. The topological polar surface area (TPSA) is 80.7 Å². The fourth-order valence-corrected chi connectivity index (χ4v) is 7.08. The number of halogens is 2. The molecule has 39 heavy (non-hydrogen) atoms. The Morgan fingerprint density at radius 3 is 2.67 bits per heavy atom. The predicted molar refractivity (Wildman–Crippen MR) is 151 cm³/mol. The number of carbonyl (C=O) groups is 1. The van der Waals surface area contributed by atoms with Gasteiger partial charge in [-0.1, -0.05) is 34.4 Å². The molecule has 0 bridgehead atoms. The zero-order valence-electron chi connectivity index (χ0n) is 21.6. The van der Waals surface area contributed by atoms with Gasteiger partial charge in [-0.25, -0.2) is 4.79 Å². The van der Waals surface area contributed by atoms with Gasteiger partial charge in [0.2, 0.25) is 0 Å². The van der Waals surface area contributed by atoms with E-state index < -0.39 is 5.97 Å². The van der Waals surface area contributed by atoms with Gasteiger partial charge < -0.3 is 23.8 Å². The van der Waals surface area contributed by atoms with Gasteiger partial charge in [0.15, 0.2) is 0 Å². The number of hydrogen-bond donors (Lipinski definition) is 1. The first-order valence-electron chi connectivity index (χ1n) is 13.4. The van der Waals surface area contributed by atoms with Gasteiger partial charge in [0.05, 0.1) is 22.8 Å². The minimum absolute atomic E-state index is 0.191. The Bertz CT molecular complexity index is 1580. The number of nitrogens with zero attached hydrogens (tertiary/aromatic N) is 3. The number of aromatic carboxylic acids is 1. The molecule has 2 aromatic carbocycles. The summed E-state index contributed by atoms with van der Waals surface area (Å²) in [5.74, 6) is 0.397. The van der Waals surface area contributed by atoms with Crippen molar-refractivity contribution in [3.8, 4) is 11.3 Å². The van der Waals surface area contributed by atoms with E-state index in [1.54, 1.807) is 17.7 Å². The molecule has 4 aromatic rings. The van der Waals surface area contributed by atoms with Gasteiger partial charge in [0, 0.05) is 53.8 Å². The van der Waals surface area contributed by atoms with Gasteiger partial charge in [-0.05, 0) is 73.9 Å². The van der Waals surface area contributed by atoms with Crippen molar-refractivity contribution in [3.05, 3.63) is 69.5 Å². The number of anilines is 1. The Kier molecular flexibility index (Phi) is 5.95. The van der Waals surface area contributed by atoms with Crippen molar-refractivity contribution in [2.75, 3.05) is 18.0 Å². The van der Waals surface area contributed by atoms with Crippen LogP contribution in [0.5, 0.6) is 0 Å². The summed E-state index contributed by atoms with van der Waals surface area (Å²) in [6, 6.07) is 13.5. The maximum Gasteiger partial charge on any atom is 0.352 e. The summed E-state index contributed by atoms with van der Waals surface area (Å²) in [6.45, 7) is 2.41. The number of aryl methyl sites for hydroxylation is 1. The van der Waals surface area contributed by atoms with Crippen LogP contribution < -0.4 is 4.90 Å². The van der Waals surface area contributed by atoms with Crippen molar-refractivity contribution in [2.24, 2.45) is 12.5 Å². The van der Waals surface area contributed by atoms with E-state index in [0.717, 1.165) is 73.1 Å². The number of fused-ring (bicyclic) bond motifs is 1. The van der Waals surface area contributed by atoms with Gasteiger partial charge in [-0.2, -0.15) is 0 Å². The molecule has 7 rings (SSSR count). The first kappa shape index (κ1) is 25.0. The van der Waals surface area contributed by atoms with Crippen molar-refractivity contribution in [2.45, 2.75) is 50.7 Å². The van der Waals surface area contributed by atoms with Crippen molar-refractivity contribution in [1.29, 1.82) is 0 Å². The number of hydrogen-bond acceptors (Lipinski definition) is 5. The highest BCUT2D eigenvalue weighted by molar-refractivity contribution is 6.39. The Morgan fingerprint density at radius 2 is 1.95 bits per heavy atom. The molecule has 1 spiro atoms. The Morgan fingerprint density at radius 1 is 1.18 bits per heavy atom. The number of ether oxygens (including phenoxy) is 1. The van der Waals surface area contributed by atoms with E-state index in [2.05, 4.69) is 22.2 Å². The number of benzene rings is 2. The van der Waals surface area contributed by atoms with Crippen LogP contribution in [0.25, 0.3) is 22.2 Å². The molecule has 9 heteroatoms. The quantitative estimate of drug-likeness (QED) is 0.253. The molecule has 1 aliphatic heterocycles. The van der Waals surface area contributed by atoms with E-state index in [1.807, 2.05) is 24.3 Å². The minimum atomic E-state index is -0.909. The highest BCUT2D eigenvalue weighted by Crippen LogP contribution is 2.51. The van der Waals surface area contributed by atoms with E-state index in [4.69, 9.17) is 32.5 Å². The average Bonchev–Trinajstić information content (AvgIpc) is 3.35. The second kappa shape index (κ2) is 9.29. The highest BCUT2D eigenvalue weighted by atomic mass is 35.5. The van der Waals surface area contributed by atoms with Crippen LogP contribution in [0.4, 0.5) is 5.69 Å². The molecular weight excluding hydrogens is 537 g/mol. The molecule has 0 amide bonds. The van der Waals surface area contributed by atoms with E-state index in [-0.39, 0.29) is 11.5 Å². The smallest absolute Gasteiger partial charge is 0.352 e. The van der Waals surface area contributed by atoms with Crippen LogP contribution in [0.1, 0.15) is 59.8 Å². The average molecular weight is 566 g/mol. The molecule has 1 N–H and O–H groups in total. The molecule has 2 saturated carbocycles. The minimum Gasteiger partial charge on any atom is -0.477 e. The van der Waals surface area contributed by atoms with Crippen LogP contribution in [0.15, 0.2) is 47.0 Å². The summed E-state index contributed by atoms with van der Waals surface area (Å²) in [5.41, 5.74) is 5.00. The van der Waals surface area contributed by atoms with Crippen LogP contribution in [0.2, 0.25) is 10.0 Å². The second-order valence-corrected chi connectivity index (χ2v) is 12.2. The second-order valence-electron chi connectivity index (χ2n) is 11.4. The van der Waals surface area contributed by atoms with Gasteiger partial charge in [0.25, 0.3) is 0 Å². The monoisotopic (exact) mass is 565 g/mol. The lowest BCUT2D eigenvalue weighted by molar-refractivity contribution is -0.0796. The molecule has 3 fully saturated rings. The third kappa shape index (κ3) is 4.31. The lowest BCUT2D eigenvalue weighted by Gasteiger charge is -2.45. The molecule has 1 saturated heterocycles. The molecule has 3 heterocycles. The van der Waals surface area contributed by atoms with E-state index >= 15 is 0 Å². The Hall–Kier alpha value is -3.00. The van der Waals surface area contributed by atoms with Crippen LogP contribution >= 0.6 is 23.2 Å². The number of carboxylic acid groups (broad SMARTS) is 1. The van der Waals surface area contributed by atoms with E-state index in [0.29, 0.717) is 39.5 Å². The van der Waals surface area contributed by atoms with Crippen molar-refractivity contribution in [3.63, 3.8) is 0 Å².